The van der Waals surface area contributed by atoms with E-state index < -0.39 is 0 Å². The quantitative estimate of drug-likeness (QED) is 0.425. The van der Waals surface area contributed by atoms with Crippen molar-refractivity contribution < 1.29 is 18.0 Å². The van der Waals surface area contributed by atoms with Gasteiger partial charge in [-0.05, 0) is 48.4 Å². The van der Waals surface area contributed by atoms with Gasteiger partial charge in [0.15, 0.2) is 11.7 Å². The van der Waals surface area contributed by atoms with Crippen molar-refractivity contribution in [3.8, 4) is 0 Å². The molecule has 2 heterocycles. The Morgan fingerprint density at radius 2 is 1.67 bits per heavy atom. The minimum absolute atomic E-state index is 0.0205. The second kappa shape index (κ2) is 9.85. The van der Waals surface area contributed by atoms with E-state index in [0.29, 0.717) is 54.5 Å². The topological polar surface area (TPSA) is 71.1 Å². The summed E-state index contributed by atoms with van der Waals surface area (Å²) < 4.78 is 32.4. The van der Waals surface area contributed by atoms with Crippen molar-refractivity contribution in [2.24, 2.45) is 9.98 Å². The van der Waals surface area contributed by atoms with Crippen molar-refractivity contribution >= 4 is 17.5 Å². The first-order valence-electron chi connectivity index (χ1n) is 10.7. The van der Waals surface area contributed by atoms with Crippen LogP contribution in [0.3, 0.4) is 0 Å². The fraction of sp³-hybridized carbons (Fsp3) is 0.280. The van der Waals surface area contributed by atoms with E-state index in [-0.39, 0.29) is 24.0 Å². The van der Waals surface area contributed by atoms with E-state index >= 15 is 0 Å². The molecular weight excluding hydrogens is 426 g/mol. The van der Waals surface area contributed by atoms with Crippen molar-refractivity contribution in [1.29, 1.82) is 0 Å². The lowest BCUT2D eigenvalue weighted by molar-refractivity contribution is -0.132. The number of aromatic nitrogens is 1. The Balaban J connectivity index is 1.54. The molecule has 0 unspecified atom stereocenters. The fourth-order valence-corrected chi connectivity index (χ4v) is 3.80. The maximum Gasteiger partial charge on any atom is 0.223 e. The highest BCUT2D eigenvalue weighted by molar-refractivity contribution is 6.12. The third-order valence-electron chi connectivity index (χ3n) is 5.50. The van der Waals surface area contributed by atoms with E-state index in [2.05, 4.69) is 15.0 Å². The molecule has 33 heavy (non-hydrogen) atoms. The van der Waals surface area contributed by atoms with Gasteiger partial charge in [0.2, 0.25) is 5.91 Å². The van der Waals surface area contributed by atoms with Crippen molar-refractivity contribution in [2.75, 3.05) is 13.6 Å². The van der Waals surface area contributed by atoms with Crippen LogP contribution in [0.15, 0.2) is 62.9 Å². The third-order valence-corrected chi connectivity index (χ3v) is 5.50. The lowest BCUT2D eigenvalue weighted by atomic mass is 10.0. The molecule has 0 N–H and O–H groups in total. The van der Waals surface area contributed by atoms with E-state index in [1.807, 2.05) is 0 Å². The summed E-state index contributed by atoms with van der Waals surface area (Å²) in [6, 6.07) is 11.8. The van der Waals surface area contributed by atoms with Crippen LogP contribution in [-0.4, -0.2) is 40.9 Å². The van der Waals surface area contributed by atoms with Crippen LogP contribution < -0.4 is 0 Å². The number of carbonyl (C=O) groups is 1. The molecule has 0 saturated heterocycles. The first kappa shape index (κ1) is 22.5. The highest BCUT2D eigenvalue weighted by Crippen LogP contribution is 2.21. The monoisotopic (exact) mass is 450 g/mol. The number of amides is 1. The smallest absolute Gasteiger partial charge is 0.223 e. The first-order valence-corrected chi connectivity index (χ1v) is 10.7. The van der Waals surface area contributed by atoms with Gasteiger partial charge in [0.05, 0.1) is 12.3 Å². The van der Waals surface area contributed by atoms with E-state index in [9.17, 15) is 13.6 Å². The van der Waals surface area contributed by atoms with E-state index in [4.69, 9.17) is 4.42 Å². The van der Waals surface area contributed by atoms with Crippen LogP contribution in [0, 0.1) is 18.6 Å². The molecule has 0 saturated carbocycles. The number of fused-ring (bicyclic) bond motifs is 1. The molecule has 0 radical (unpaired) electrons. The van der Waals surface area contributed by atoms with Crippen LogP contribution in [0.1, 0.15) is 41.3 Å². The number of hydrogen-bond acceptors (Lipinski definition) is 4. The fourth-order valence-electron chi connectivity index (χ4n) is 3.80. The van der Waals surface area contributed by atoms with Crippen LogP contribution in [0.4, 0.5) is 8.78 Å². The summed E-state index contributed by atoms with van der Waals surface area (Å²) in [7, 11) is 1.60. The Morgan fingerprint density at radius 3 is 2.30 bits per heavy atom. The zero-order valence-electron chi connectivity index (χ0n) is 18.5. The lowest BCUT2D eigenvalue weighted by Crippen LogP contribution is -2.36. The molecule has 0 aliphatic carbocycles. The number of amidine groups is 1. The minimum atomic E-state index is -0.357. The van der Waals surface area contributed by atoms with Gasteiger partial charge in [-0.25, -0.2) is 18.8 Å². The van der Waals surface area contributed by atoms with Crippen LogP contribution in [0.5, 0.6) is 0 Å². The number of halogens is 2. The molecule has 3 aromatic rings. The molecule has 170 valence electrons. The summed E-state index contributed by atoms with van der Waals surface area (Å²) in [5, 5.41) is 0. The van der Waals surface area contributed by atoms with Crippen LogP contribution in [0.2, 0.25) is 0 Å². The number of aryl methyl sites for hydroxylation is 1. The van der Waals surface area contributed by atoms with E-state index in [1.54, 1.807) is 43.1 Å². The number of nitrogens with zero attached hydrogens (tertiary/aromatic N) is 4. The van der Waals surface area contributed by atoms with Gasteiger partial charge in [-0.15, -0.1) is 0 Å². The van der Waals surface area contributed by atoms with Gasteiger partial charge >= 0.3 is 0 Å². The number of hydrogen-bond donors (Lipinski definition) is 0. The van der Waals surface area contributed by atoms with Crippen LogP contribution in [-0.2, 0) is 17.8 Å². The Kier molecular flexibility index (Phi) is 6.72. The van der Waals surface area contributed by atoms with Crippen molar-refractivity contribution in [2.45, 2.75) is 32.7 Å². The van der Waals surface area contributed by atoms with Gasteiger partial charge < -0.3 is 9.32 Å². The second-order valence-corrected chi connectivity index (χ2v) is 7.79. The van der Waals surface area contributed by atoms with Crippen LogP contribution in [0.25, 0.3) is 0 Å². The van der Waals surface area contributed by atoms with Gasteiger partial charge in [-0.3, -0.25) is 9.79 Å². The molecule has 1 aromatic heterocycles. The molecule has 4 rings (SSSR count). The van der Waals surface area contributed by atoms with Gasteiger partial charge in [0, 0.05) is 38.9 Å². The Bertz CT molecular complexity index is 1200. The van der Waals surface area contributed by atoms with Crippen LogP contribution >= 0.6 is 0 Å². The van der Waals surface area contributed by atoms with Gasteiger partial charge in [0.25, 0.3) is 0 Å². The minimum Gasteiger partial charge on any atom is -0.446 e. The molecule has 1 aliphatic heterocycles. The molecule has 1 amide bonds. The number of benzene rings is 2. The SMILES string of the molecule is CN=C(N=C(CCC(=O)N1CCc2oc(C)nc2C1)c1ccc(F)cc1)c1ccc(F)cc1. The number of aliphatic imine (C=N–C) groups is 2. The van der Waals surface area contributed by atoms with Gasteiger partial charge in [0.1, 0.15) is 23.1 Å². The summed E-state index contributed by atoms with van der Waals surface area (Å²) in [5.41, 5.74) is 2.75. The Morgan fingerprint density at radius 1 is 1.03 bits per heavy atom. The molecule has 1 aliphatic rings. The number of oxazole rings is 1. The second-order valence-electron chi connectivity index (χ2n) is 7.79. The molecule has 2 aromatic carbocycles. The highest BCUT2D eigenvalue weighted by atomic mass is 19.1. The Hall–Kier alpha value is -3.68. The summed E-state index contributed by atoms with van der Waals surface area (Å²) >= 11 is 0. The van der Waals surface area contributed by atoms with Crippen molar-refractivity contribution in [3.05, 3.63) is 88.6 Å². The number of carbonyl (C=O) groups excluding carboxylic acids is 1. The molecule has 0 atom stereocenters. The molecular formula is C25H24F2N4O2. The maximum atomic E-state index is 13.5. The zero-order valence-corrected chi connectivity index (χ0v) is 18.5. The zero-order chi connectivity index (χ0) is 23.4. The average molecular weight is 450 g/mol. The lowest BCUT2D eigenvalue weighted by Gasteiger charge is -2.25. The predicted molar refractivity (Wildman–Crippen MR) is 121 cm³/mol. The normalized spacial score (nSPS) is 14.4. The summed E-state index contributed by atoms with van der Waals surface area (Å²) in [4.78, 5) is 28.0. The first-order chi connectivity index (χ1) is 15.9. The maximum absolute atomic E-state index is 13.5. The Labute approximate surface area is 190 Å². The average Bonchev–Trinajstić information content (AvgIpc) is 3.20. The highest BCUT2D eigenvalue weighted by Gasteiger charge is 2.25. The third kappa shape index (κ3) is 5.39. The van der Waals surface area contributed by atoms with Gasteiger partial charge in [-0.2, -0.15) is 0 Å². The predicted octanol–water partition coefficient (Wildman–Crippen LogP) is 4.49. The molecule has 0 spiro atoms. The summed E-state index contributed by atoms with van der Waals surface area (Å²) in [5.74, 6) is 1.12. The van der Waals surface area contributed by atoms with Crippen molar-refractivity contribution in [1.82, 2.24) is 9.88 Å². The van der Waals surface area contributed by atoms with Crippen molar-refractivity contribution in [3.63, 3.8) is 0 Å². The standard InChI is InChI=1S/C25H24F2N4O2/c1-16-29-22-15-31(14-13-23(22)33-16)24(32)12-11-21(17-3-7-19(26)8-4-17)30-25(28-2)18-5-9-20(27)10-6-18/h3-10H,11-15H2,1-2H3. The summed E-state index contributed by atoms with van der Waals surface area (Å²) in [6.07, 6.45) is 1.20. The molecule has 6 nitrogen and oxygen atoms in total. The molecule has 0 fully saturated rings. The molecule has 0 bridgehead atoms. The van der Waals surface area contributed by atoms with Gasteiger partial charge in [-0.1, -0.05) is 12.1 Å². The summed E-state index contributed by atoms with van der Waals surface area (Å²) in [6.45, 7) is 2.79. The van der Waals surface area contributed by atoms with E-state index in [0.717, 1.165) is 11.5 Å². The number of rotatable bonds is 5. The largest absolute Gasteiger partial charge is 0.446 e. The van der Waals surface area contributed by atoms with E-state index in [1.165, 1.54) is 24.3 Å². The molecule has 8 heteroatoms.